The number of thioether (sulfide) groups is 1. The second kappa shape index (κ2) is 7.17. The van der Waals surface area contributed by atoms with Crippen molar-refractivity contribution in [1.29, 1.82) is 0 Å². The van der Waals surface area contributed by atoms with E-state index < -0.39 is 10.7 Å². The van der Waals surface area contributed by atoms with Crippen molar-refractivity contribution >= 4 is 52.4 Å². The maximum Gasteiger partial charge on any atom is 0.319 e. The van der Waals surface area contributed by atoms with E-state index in [9.17, 15) is 9.90 Å². The van der Waals surface area contributed by atoms with Crippen molar-refractivity contribution in [2.24, 2.45) is 0 Å². The number of rotatable bonds is 5. The van der Waals surface area contributed by atoms with Crippen LogP contribution in [0.25, 0.3) is 0 Å². The summed E-state index contributed by atoms with van der Waals surface area (Å²) >= 11 is 13.2. The van der Waals surface area contributed by atoms with E-state index in [0.717, 1.165) is 28.6 Å². The first-order valence-electron chi connectivity index (χ1n) is 7.10. The number of halogens is 2. The van der Waals surface area contributed by atoms with E-state index >= 15 is 0 Å². The van der Waals surface area contributed by atoms with Crippen LogP contribution < -0.4 is 5.32 Å². The summed E-state index contributed by atoms with van der Waals surface area (Å²) in [6.45, 7) is 7.07. The van der Waals surface area contributed by atoms with E-state index in [1.807, 2.05) is 19.9 Å². The molecule has 1 heterocycles. The van der Waals surface area contributed by atoms with Gasteiger partial charge >= 0.3 is 5.97 Å². The van der Waals surface area contributed by atoms with Gasteiger partial charge in [-0.15, -0.1) is 0 Å². The molecule has 0 saturated heterocycles. The molecule has 1 aromatic carbocycles. The molecular weight excluding hydrogens is 369 g/mol. The molecule has 0 radical (unpaired) electrons. The Morgan fingerprint density at radius 2 is 1.88 bits per heavy atom. The van der Waals surface area contributed by atoms with Gasteiger partial charge in [-0.25, -0.2) is 9.97 Å². The van der Waals surface area contributed by atoms with Gasteiger partial charge in [-0.3, -0.25) is 4.79 Å². The minimum atomic E-state index is -1.06. The van der Waals surface area contributed by atoms with Crippen LogP contribution in [0, 0.1) is 13.8 Å². The summed E-state index contributed by atoms with van der Waals surface area (Å²) in [5, 5.41) is 13.6. The highest BCUT2D eigenvalue weighted by atomic mass is 35.5. The van der Waals surface area contributed by atoms with Gasteiger partial charge in [0.2, 0.25) is 0 Å². The molecule has 0 aliphatic heterocycles. The molecular formula is C16H17Cl2N3O2S. The van der Waals surface area contributed by atoms with Crippen LogP contribution in [-0.4, -0.2) is 25.8 Å². The van der Waals surface area contributed by atoms with Crippen LogP contribution >= 0.6 is 35.0 Å². The van der Waals surface area contributed by atoms with Crippen LogP contribution in [0.4, 0.5) is 11.5 Å². The number of anilines is 2. The van der Waals surface area contributed by atoms with Crippen LogP contribution in [0.2, 0.25) is 10.2 Å². The summed E-state index contributed by atoms with van der Waals surface area (Å²) < 4.78 is -1.06. The zero-order chi connectivity index (χ0) is 18.1. The molecule has 0 aliphatic carbocycles. The number of benzene rings is 1. The second-order valence-corrected chi connectivity index (χ2v) is 8.13. The molecule has 2 aromatic rings. The molecule has 0 aliphatic rings. The van der Waals surface area contributed by atoms with Crippen molar-refractivity contribution in [2.45, 2.75) is 37.6 Å². The first kappa shape index (κ1) is 18.8. The van der Waals surface area contributed by atoms with E-state index in [0.29, 0.717) is 16.0 Å². The normalized spacial score (nSPS) is 11.4. The monoisotopic (exact) mass is 385 g/mol. The SMILES string of the molecule is Cc1c(Cl)ccc(Nc2cc(Cl)nc(SC(C)(C)C(=O)O)n2)c1C. The number of hydrogen-bond donors (Lipinski definition) is 2. The molecule has 0 bridgehead atoms. The van der Waals surface area contributed by atoms with Crippen LogP contribution in [0.1, 0.15) is 25.0 Å². The molecule has 1 aromatic heterocycles. The lowest BCUT2D eigenvalue weighted by molar-refractivity contribution is -0.138. The molecule has 5 nitrogen and oxygen atoms in total. The summed E-state index contributed by atoms with van der Waals surface area (Å²) in [7, 11) is 0. The summed E-state index contributed by atoms with van der Waals surface area (Å²) in [6.07, 6.45) is 0. The van der Waals surface area contributed by atoms with Crippen LogP contribution in [0.3, 0.4) is 0 Å². The van der Waals surface area contributed by atoms with Crippen LogP contribution in [0.5, 0.6) is 0 Å². The molecule has 128 valence electrons. The van der Waals surface area contributed by atoms with Gasteiger partial charge in [0.05, 0.1) is 0 Å². The fraction of sp³-hybridized carbons (Fsp3) is 0.312. The van der Waals surface area contributed by atoms with Crippen molar-refractivity contribution in [2.75, 3.05) is 5.32 Å². The van der Waals surface area contributed by atoms with E-state index in [2.05, 4.69) is 15.3 Å². The second-order valence-electron chi connectivity index (χ2n) is 5.75. The van der Waals surface area contributed by atoms with E-state index in [-0.39, 0.29) is 5.15 Å². The highest BCUT2D eigenvalue weighted by Gasteiger charge is 2.30. The Kier molecular flexibility index (Phi) is 5.63. The van der Waals surface area contributed by atoms with Gasteiger partial charge in [-0.05, 0) is 51.0 Å². The van der Waals surface area contributed by atoms with Gasteiger partial charge in [0.25, 0.3) is 0 Å². The van der Waals surface area contributed by atoms with Gasteiger partial charge in [0.1, 0.15) is 15.7 Å². The van der Waals surface area contributed by atoms with Gasteiger partial charge in [0.15, 0.2) is 5.16 Å². The predicted molar refractivity (Wildman–Crippen MR) is 98.8 cm³/mol. The molecule has 2 rings (SSSR count). The molecule has 0 spiro atoms. The summed E-state index contributed by atoms with van der Waals surface area (Å²) in [5.41, 5.74) is 2.82. The fourth-order valence-electron chi connectivity index (χ4n) is 1.84. The molecule has 0 unspecified atom stereocenters. The van der Waals surface area contributed by atoms with Crippen LogP contribution in [0.15, 0.2) is 23.4 Å². The summed E-state index contributed by atoms with van der Waals surface area (Å²) in [4.78, 5) is 19.7. The van der Waals surface area contributed by atoms with Crippen molar-refractivity contribution in [3.63, 3.8) is 0 Å². The lowest BCUT2D eigenvalue weighted by atomic mass is 10.1. The molecule has 0 amide bonds. The molecule has 0 saturated carbocycles. The third kappa shape index (κ3) is 4.32. The number of carboxylic acids is 1. The van der Waals surface area contributed by atoms with Crippen molar-refractivity contribution < 1.29 is 9.90 Å². The molecule has 2 N–H and O–H groups in total. The van der Waals surface area contributed by atoms with Crippen molar-refractivity contribution in [3.8, 4) is 0 Å². The Morgan fingerprint density at radius 1 is 1.21 bits per heavy atom. The number of hydrogen-bond acceptors (Lipinski definition) is 5. The van der Waals surface area contributed by atoms with Crippen molar-refractivity contribution in [3.05, 3.63) is 39.5 Å². The third-order valence-electron chi connectivity index (χ3n) is 3.52. The lowest BCUT2D eigenvalue weighted by Crippen LogP contribution is -2.27. The number of carboxylic acid groups (broad SMARTS) is 1. The smallest absolute Gasteiger partial charge is 0.319 e. The number of nitrogens with zero attached hydrogens (tertiary/aromatic N) is 2. The maximum absolute atomic E-state index is 11.3. The Morgan fingerprint density at radius 3 is 2.50 bits per heavy atom. The topological polar surface area (TPSA) is 75.1 Å². The number of carbonyl (C=O) groups is 1. The highest BCUT2D eigenvalue weighted by Crippen LogP contribution is 2.33. The highest BCUT2D eigenvalue weighted by molar-refractivity contribution is 8.01. The lowest BCUT2D eigenvalue weighted by Gasteiger charge is -2.18. The predicted octanol–water partition coefficient (Wildman–Crippen LogP) is 5.10. The Balaban J connectivity index is 2.33. The van der Waals surface area contributed by atoms with Crippen molar-refractivity contribution in [1.82, 2.24) is 9.97 Å². The van der Waals surface area contributed by atoms with Gasteiger partial charge in [-0.2, -0.15) is 0 Å². The van der Waals surface area contributed by atoms with Gasteiger partial charge in [0, 0.05) is 16.8 Å². The Bertz CT molecular complexity index is 797. The zero-order valence-corrected chi connectivity index (χ0v) is 16.0. The maximum atomic E-state index is 11.3. The number of aromatic nitrogens is 2. The minimum Gasteiger partial charge on any atom is -0.480 e. The first-order valence-corrected chi connectivity index (χ1v) is 8.67. The summed E-state index contributed by atoms with van der Waals surface area (Å²) in [6, 6.07) is 5.25. The third-order valence-corrected chi connectivity index (χ3v) is 5.17. The van der Waals surface area contributed by atoms with E-state index in [4.69, 9.17) is 23.2 Å². The number of aliphatic carboxylic acids is 1. The average Bonchev–Trinajstić information content (AvgIpc) is 2.46. The molecule has 8 heteroatoms. The molecule has 24 heavy (non-hydrogen) atoms. The average molecular weight is 386 g/mol. The quantitative estimate of drug-likeness (QED) is 0.423. The minimum absolute atomic E-state index is 0.236. The fourth-order valence-corrected chi connectivity index (χ4v) is 3.11. The zero-order valence-electron chi connectivity index (χ0n) is 13.6. The van der Waals surface area contributed by atoms with E-state index in [1.165, 1.54) is 0 Å². The molecule has 0 atom stereocenters. The van der Waals surface area contributed by atoms with E-state index in [1.54, 1.807) is 26.0 Å². The summed E-state index contributed by atoms with van der Waals surface area (Å²) in [5.74, 6) is -0.460. The van der Waals surface area contributed by atoms with Gasteiger partial charge in [-0.1, -0.05) is 35.0 Å². The van der Waals surface area contributed by atoms with Crippen LogP contribution in [-0.2, 0) is 4.79 Å². The van der Waals surface area contributed by atoms with Gasteiger partial charge < -0.3 is 10.4 Å². The Labute approximate surface area is 154 Å². The largest absolute Gasteiger partial charge is 0.480 e. The first-order chi connectivity index (χ1) is 11.1. The number of nitrogens with one attached hydrogen (secondary N) is 1. The standard InChI is InChI=1S/C16H17Cl2N3O2S/c1-8-9(2)11(6-5-10(8)17)19-13-7-12(18)20-15(21-13)24-16(3,4)14(22)23/h5-7H,1-4H3,(H,22,23)(H,19,20,21). The Hall–Kier alpha value is -1.50. The molecule has 0 fully saturated rings.